The average molecular weight is 335 g/mol. The van der Waals surface area contributed by atoms with E-state index in [0.29, 0.717) is 11.8 Å². The molecule has 0 aromatic rings. The van der Waals surface area contributed by atoms with Crippen molar-refractivity contribution < 1.29 is 15.0 Å². The number of carbonyl (C=O) groups is 1. The predicted octanol–water partition coefficient (Wildman–Crippen LogP) is 3.88. The second-order valence-corrected chi connectivity index (χ2v) is 8.98. The summed E-state index contributed by atoms with van der Waals surface area (Å²) in [5.41, 5.74) is 1.39. The molecule has 3 heteroatoms. The van der Waals surface area contributed by atoms with Crippen LogP contribution in [-0.2, 0) is 4.79 Å². The van der Waals surface area contributed by atoms with E-state index in [2.05, 4.69) is 19.9 Å². The minimum absolute atomic E-state index is 0.0197. The second-order valence-electron chi connectivity index (χ2n) is 8.98. The van der Waals surface area contributed by atoms with Crippen LogP contribution in [0.3, 0.4) is 0 Å². The van der Waals surface area contributed by atoms with Crippen LogP contribution in [0.15, 0.2) is 11.6 Å². The molecule has 2 fully saturated rings. The molecule has 0 radical (unpaired) electrons. The molecule has 3 aliphatic rings. The lowest BCUT2D eigenvalue weighted by atomic mass is 9.53. The number of hydrogen-bond acceptors (Lipinski definition) is 3. The standard InChI is InChI=1S/C21H34O3/c1-13-4-5-15(14(2)22)6-9-19(24)20-18(13)8-7-16-12-17(23)10-11-21(16,20)3/h7,13,15,17-20,23-24H,4-6,8-12H2,1-3H3/t13-,15-,17-,18-,19-,20+,21-/m0/s1. The van der Waals surface area contributed by atoms with Crippen molar-refractivity contribution in [2.45, 2.75) is 84.3 Å². The zero-order chi connectivity index (χ0) is 17.5. The van der Waals surface area contributed by atoms with Crippen LogP contribution in [-0.4, -0.2) is 28.2 Å². The number of rotatable bonds is 1. The largest absolute Gasteiger partial charge is 0.393 e. The van der Waals surface area contributed by atoms with Crippen LogP contribution >= 0.6 is 0 Å². The number of allylic oxidation sites excluding steroid dienone is 1. The van der Waals surface area contributed by atoms with Gasteiger partial charge in [-0.25, -0.2) is 0 Å². The minimum Gasteiger partial charge on any atom is -0.393 e. The molecule has 0 aromatic heterocycles. The van der Waals surface area contributed by atoms with Crippen LogP contribution in [0, 0.1) is 29.1 Å². The van der Waals surface area contributed by atoms with Crippen molar-refractivity contribution in [3.8, 4) is 0 Å². The summed E-state index contributed by atoms with van der Waals surface area (Å²) in [6.45, 7) is 6.33. The van der Waals surface area contributed by atoms with Crippen molar-refractivity contribution >= 4 is 5.78 Å². The first kappa shape index (κ1) is 18.1. The topological polar surface area (TPSA) is 57.5 Å². The van der Waals surface area contributed by atoms with E-state index in [1.165, 1.54) is 5.57 Å². The molecule has 2 N–H and O–H groups in total. The molecule has 3 rings (SSSR count). The Balaban J connectivity index is 1.91. The highest BCUT2D eigenvalue weighted by Gasteiger charge is 2.50. The fourth-order valence-corrected chi connectivity index (χ4v) is 5.89. The number of aliphatic hydroxyl groups excluding tert-OH is 2. The van der Waals surface area contributed by atoms with Gasteiger partial charge in [0.15, 0.2) is 0 Å². The monoisotopic (exact) mass is 334 g/mol. The molecule has 0 bridgehead atoms. The van der Waals surface area contributed by atoms with Crippen LogP contribution < -0.4 is 0 Å². The normalized spacial score (nSPS) is 46.6. The highest BCUT2D eigenvalue weighted by molar-refractivity contribution is 5.78. The van der Waals surface area contributed by atoms with Crippen molar-refractivity contribution in [2.75, 3.05) is 0 Å². The smallest absolute Gasteiger partial charge is 0.132 e. The third-order valence-electron chi connectivity index (χ3n) is 7.52. The van der Waals surface area contributed by atoms with Crippen molar-refractivity contribution in [1.82, 2.24) is 0 Å². The van der Waals surface area contributed by atoms with Gasteiger partial charge in [-0.3, -0.25) is 4.79 Å². The molecule has 24 heavy (non-hydrogen) atoms. The SMILES string of the molecule is CC(=O)[C@H]1CC[C@H](C)[C@@H]2CC=C3C[C@@H](O)CC[C@]3(C)[C@H]2[C@@H](O)CC1. The summed E-state index contributed by atoms with van der Waals surface area (Å²) in [6, 6.07) is 0. The summed E-state index contributed by atoms with van der Waals surface area (Å²) in [4.78, 5) is 11.9. The molecule has 0 unspecified atom stereocenters. The fourth-order valence-electron chi connectivity index (χ4n) is 5.89. The van der Waals surface area contributed by atoms with Gasteiger partial charge in [0.05, 0.1) is 12.2 Å². The van der Waals surface area contributed by atoms with Crippen LogP contribution in [0.2, 0.25) is 0 Å². The van der Waals surface area contributed by atoms with Crippen molar-refractivity contribution in [1.29, 1.82) is 0 Å². The summed E-state index contributed by atoms with van der Waals surface area (Å²) in [7, 11) is 0. The van der Waals surface area contributed by atoms with Gasteiger partial charge in [-0.2, -0.15) is 0 Å². The molecule has 2 saturated carbocycles. The van der Waals surface area contributed by atoms with E-state index in [4.69, 9.17) is 0 Å². The quantitative estimate of drug-likeness (QED) is 0.716. The summed E-state index contributed by atoms with van der Waals surface area (Å²) in [5.74, 6) is 1.70. The number of hydrogen-bond donors (Lipinski definition) is 2. The molecule has 0 heterocycles. The molecule has 0 spiro atoms. The Morgan fingerprint density at radius 3 is 2.58 bits per heavy atom. The second kappa shape index (κ2) is 6.92. The van der Waals surface area contributed by atoms with Gasteiger partial charge >= 0.3 is 0 Å². The lowest BCUT2D eigenvalue weighted by Crippen LogP contribution is -2.48. The maximum absolute atomic E-state index is 11.9. The van der Waals surface area contributed by atoms with Crippen LogP contribution in [0.25, 0.3) is 0 Å². The Morgan fingerprint density at radius 2 is 1.88 bits per heavy atom. The molecule has 7 atom stereocenters. The minimum atomic E-state index is -0.332. The molecule has 0 saturated heterocycles. The number of fused-ring (bicyclic) bond motifs is 3. The summed E-state index contributed by atoms with van der Waals surface area (Å²) < 4.78 is 0. The highest BCUT2D eigenvalue weighted by Crippen LogP contribution is 2.56. The zero-order valence-electron chi connectivity index (χ0n) is 15.5. The molecular weight excluding hydrogens is 300 g/mol. The van der Waals surface area contributed by atoms with Crippen LogP contribution in [0.5, 0.6) is 0 Å². The lowest BCUT2D eigenvalue weighted by molar-refractivity contribution is -0.121. The first-order valence-electron chi connectivity index (χ1n) is 9.89. The van der Waals surface area contributed by atoms with Crippen molar-refractivity contribution in [3.63, 3.8) is 0 Å². The zero-order valence-corrected chi connectivity index (χ0v) is 15.5. The van der Waals surface area contributed by atoms with E-state index < -0.39 is 0 Å². The van der Waals surface area contributed by atoms with Crippen molar-refractivity contribution in [2.24, 2.45) is 29.1 Å². The maximum Gasteiger partial charge on any atom is 0.132 e. The highest BCUT2D eigenvalue weighted by atomic mass is 16.3. The number of ketones is 1. The Morgan fingerprint density at radius 1 is 1.17 bits per heavy atom. The Labute approximate surface area is 146 Å². The van der Waals surface area contributed by atoms with Crippen LogP contribution in [0.4, 0.5) is 0 Å². The Bertz CT molecular complexity index is 511. The van der Waals surface area contributed by atoms with E-state index in [1.54, 1.807) is 6.92 Å². The molecule has 0 aliphatic heterocycles. The van der Waals surface area contributed by atoms with Gasteiger partial charge in [0.1, 0.15) is 5.78 Å². The fraction of sp³-hybridized carbons (Fsp3) is 0.857. The molecule has 0 amide bonds. The van der Waals surface area contributed by atoms with Gasteiger partial charge in [-0.05, 0) is 81.5 Å². The number of carbonyl (C=O) groups excluding carboxylic acids is 1. The number of Topliss-reactive ketones (excluding diaryl/α,β-unsaturated/α-hetero) is 1. The first-order chi connectivity index (χ1) is 11.3. The van der Waals surface area contributed by atoms with Gasteiger partial charge in [0.2, 0.25) is 0 Å². The molecule has 136 valence electrons. The van der Waals surface area contributed by atoms with Gasteiger partial charge in [-0.15, -0.1) is 0 Å². The average Bonchev–Trinajstić information content (AvgIpc) is 2.58. The van der Waals surface area contributed by atoms with Crippen molar-refractivity contribution in [3.05, 3.63) is 11.6 Å². The van der Waals surface area contributed by atoms with Gasteiger partial charge in [0.25, 0.3) is 0 Å². The van der Waals surface area contributed by atoms with E-state index in [1.807, 2.05) is 0 Å². The molecule has 3 nitrogen and oxygen atoms in total. The predicted molar refractivity (Wildman–Crippen MR) is 95.5 cm³/mol. The summed E-state index contributed by atoms with van der Waals surface area (Å²) in [5, 5.41) is 21.2. The Hall–Kier alpha value is -0.670. The van der Waals surface area contributed by atoms with Gasteiger partial charge in [0, 0.05) is 5.92 Å². The van der Waals surface area contributed by atoms with E-state index >= 15 is 0 Å². The van der Waals surface area contributed by atoms with Gasteiger partial charge in [-0.1, -0.05) is 25.5 Å². The molecule has 0 aromatic carbocycles. The Kier molecular flexibility index (Phi) is 5.22. The summed E-state index contributed by atoms with van der Waals surface area (Å²) >= 11 is 0. The van der Waals surface area contributed by atoms with E-state index in [0.717, 1.165) is 51.4 Å². The maximum atomic E-state index is 11.9. The first-order valence-corrected chi connectivity index (χ1v) is 9.89. The van der Waals surface area contributed by atoms with E-state index in [-0.39, 0.29) is 35.2 Å². The van der Waals surface area contributed by atoms with Gasteiger partial charge < -0.3 is 10.2 Å². The molecule has 3 aliphatic carbocycles. The third kappa shape index (κ3) is 3.22. The van der Waals surface area contributed by atoms with Crippen LogP contribution in [0.1, 0.15) is 72.1 Å². The van der Waals surface area contributed by atoms with E-state index in [9.17, 15) is 15.0 Å². The summed E-state index contributed by atoms with van der Waals surface area (Å²) in [6.07, 6.45) is 9.05. The molecular formula is C21H34O3. The number of aliphatic hydroxyl groups is 2. The third-order valence-corrected chi connectivity index (χ3v) is 7.52. The lowest BCUT2D eigenvalue weighted by Gasteiger charge is -2.53.